The van der Waals surface area contributed by atoms with Crippen LogP contribution < -0.4 is 10.6 Å². The summed E-state index contributed by atoms with van der Waals surface area (Å²) < 4.78 is 6.30. The molecule has 2 rings (SSSR count). The Labute approximate surface area is 130 Å². The molecule has 0 bridgehead atoms. The summed E-state index contributed by atoms with van der Waals surface area (Å²) in [6, 6.07) is 11.0. The molecule has 0 aliphatic rings. The summed E-state index contributed by atoms with van der Waals surface area (Å²) in [6.45, 7) is 0.794. The summed E-state index contributed by atoms with van der Waals surface area (Å²) in [7, 11) is 0. The van der Waals surface area contributed by atoms with E-state index in [1.165, 1.54) is 0 Å². The summed E-state index contributed by atoms with van der Waals surface area (Å²) in [5.74, 6) is 0.672. The summed E-state index contributed by atoms with van der Waals surface area (Å²) >= 11 is 2.12. The number of carbonyl (C=O) groups excluding carboxylic acids is 1. The van der Waals surface area contributed by atoms with Crippen LogP contribution in [0.5, 0.6) is 0 Å². The van der Waals surface area contributed by atoms with Crippen LogP contribution in [0.3, 0.4) is 0 Å². The van der Waals surface area contributed by atoms with Crippen molar-refractivity contribution in [1.82, 2.24) is 5.32 Å². The van der Waals surface area contributed by atoms with Crippen LogP contribution in [0.25, 0.3) is 0 Å². The van der Waals surface area contributed by atoms with E-state index in [0.717, 1.165) is 15.2 Å². The SMILES string of the molecule is O=C(NCCO)c1ccc(NCc2ccc(I)o2)cc1. The highest BCUT2D eigenvalue weighted by Gasteiger charge is 2.04. The molecule has 0 fully saturated rings. The molecule has 6 heteroatoms. The normalized spacial score (nSPS) is 10.3. The van der Waals surface area contributed by atoms with Gasteiger partial charge in [-0.05, 0) is 59.0 Å². The molecule has 0 aliphatic heterocycles. The summed E-state index contributed by atoms with van der Waals surface area (Å²) in [5, 5.41) is 14.5. The van der Waals surface area contributed by atoms with Crippen molar-refractivity contribution >= 4 is 34.2 Å². The molecule has 20 heavy (non-hydrogen) atoms. The Morgan fingerprint density at radius 1 is 1.20 bits per heavy atom. The zero-order valence-corrected chi connectivity index (χ0v) is 12.9. The van der Waals surface area contributed by atoms with Gasteiger partial charge in [0.2, 0.25) is 0 Å². The molecule has 0 saturated carbocycles. The number of aliphatic hydroxyl groups excluding tert-OH is 1. The van der Waals surface area contributed by atoms with Crippen molar-refractivity contribution in [3.05, 3.63) is 51.5 Å². The fraction of sp³-hybridized carbons (Fsp3) is 0.214. The van der Waals surface area contributed by atoms with Gasteiger partial charge in [0.05, 0.1) is 13.2 Å². The third kappa shape index (κ3) is 4.24. The lowest BCUT2D eigenvalue weighted by molar-refractivity contribution is 0.0945. The van der Waals surface area contributed by atoms with Gasteiger partial charge in [-0.2, -0.15) is 0 Å². The molecule has 1 aromatic heterocycles. The van der Waals surface area contributed by atoms with E-state index >= 15 is 0 Å². The van der Waals surface area contributed by atoms with Crippen molar-refractivity contribution in [2.45, 2.75) is 6.54 Å². The van der Waals surface area contributed by atoms with Crippen LogP contribution in [0, 0.1) is 3.77 Å². The molecule has 0 atom stereocenters. The zero-order chi connectivity index (χ0) is 14.4. The number of hydrogen-bond donors (Lipinski definition) is 3. The molecule has 3 N–H and O–H groups in total. The minimum absolute atomic E-state index is 0.0622. The highest BCUT2D eigenvalue weighted by Crippen LogP contribution is 2.14. The Morgan fingerprint density at radius 2 is 1.95 bits per heavy atom. The molecule has 0 saturated heterocycles. The number of rotatable bonds is 6. The van der Waals surface area contributed by atoms with Crippen LogP contribution >= 0.6 is 22.6 Å². The quantitative estimate of drug-likeness (QED) is 0.666. The molecule has 1 aromatic carbocycles. The molecule has 5 nitrogen and oxygen atoms in total. The Bertz CT molecular complexity index is 566. The molecule has 0 unspecified atom stereocenters. The van der Waals surface area contributed by atoms with E-state index in [2.05, 4.69) is 33.2 Å². The van der Waals surface area contributed by atoms with Crippen molar-refractivity contribution in [3.8, 4) is 0 Å². The molecule has 106 valence electrons. The van der Waals surface area contributed by atoms with Gasteiger partial charge >= 0.3 is 0 Å². The third-order valence-corrected chi connectivity index (χ3v) is 3.22. The average Bonchev–Trinajstić information content (AvgIpc) is 2.89. The predicted octanol–water partition coefficient (Wildman–Crippen LogP) is 2.22. The monoisotopic (exact) mass is 386 g/mol. The van der Waals surface area contributed by atoms with Crippen molar-refractivity contribution in [2.75, 3.05) is 18.5 Å². The van der Waals surface area contributed by atoms with Gasteiger partial charge < -0.3 is 20.2 Å². The minimum Gasteiger partial charge on any atom is -0.454 e. The van der Waals surface area contributed by atoms with E-state index in [0.29, 0.717) is 12.1 Å². The van der Waals surface area contributed by atoms with Crippen molar-refractivity contribution in [2.24, 2.45) is 0 Å². The minimum atomic E-state index is -0.189. The third-order valence-electron chi connectivity index (χ3n) is 2.64. The van der Waals surface area contributed by atoms with E-state index < -0.39 is 0 Å². The maximum absolute atomic E-state index is 11.6. The maximum atomic E-state index is 11.6. The molecular formula is C14H15IN2O3. The van der Waals surface area contributed by atoms with Gasteiger partial charge in [-0.25, -0.2) is 0 Å². The van der Waals surface area contributed by atoms with Gasteiger partial charge in [0.25, 0.3) is 5.91 Å². The maximum Gasteiger partial charge on any atom is 0.251 e. The Hall–Kier alpha value is -1.54. The first kappa shape index (κ1) is 14.9. The topological polar surface area (TPSA) is 74.5 Å². The smallest absolute Gasteiger partial charge is 0.251 e. The van der Waals surface area contributed by atoms with Crippen LogP contribution in [0.1, 0.15) is 16.1 Å². The predicted molar refractivity (Wildman–Crippen MR) is 84.6 cm³/mol. The first-order chi connectivity index (χ1) is 9.69. The number of carbonyl (C=O) groups is 1. The zero-order valence-electron chi connectivity index (χ0n) is 10.7. The molecular weight excluding hydrogens is 371 g/mol. The van der Waals surface area contributed by atoms with Crippen LogP contribution in [0.4, 0.5) is 5.69 Å². The molecule has 0 spiro atoms. The summed E-state index contributed by atoms with van der Waals surface area (Å²) in [4.78, 5) is 11.6. The Morgan fingerprint density at radius 3 is 2.55 bits per heavy atom. The second-order valence-electron chi connectivity index (χ2n) is 4.12. The van der Waals surface area contributed by atoms with Gasteiger partial charge in [0, 0.05) is 17.8 Å². The number of amides is 1. The summed E-state index contributed by atoms with van der Waals surface area (Å²) in [5.41, 5.74) is 1.48. The molecule has 0 aliphatic carbocycles. The van der Waals surface area contributed by atoms with E-state index in [-0.39, 0.29) is 19.1 Å². The number of hydrogen-bond acceptors (Lipinski definition) is 4. The number of benzene rings is 1. The lowest BCUT2D eigenvalue weighted by Crippen LogP contribution is -2.26. The fourth-order valence-corrected chi connectivity index (χ4v) is 2.11. The van der Waals surface area contributed by atoms with Gasteiger partial charge in [-0.15, -0.1) is 0 Å². The number of nitrogens with one attached hydrogen (secondary N) is 2. The van der Waals surface area contributed by atoms with Crippen LogP contribution in [-0.4, -0.2) is 24.2 Å². The second kappa shape index (κ2) is 7.30. The largest absolute Gasteiger partial charge is 0.454 e. The lowest BCUT2D eigenvalue weighted by atomic mass is 10.2. The van der Waals surface area contributed by atoms with Crippen LogP contribution in [-0.2, 0) is 6.54 Å². The van der Waals surface area contributed by atoms with Crippen molar-refractivity contribution in [3.63, 3.8) is 0 Å². The molecule has 1 amide bonds. The van der Waals surface area contributed by atoms with Gasteiger partial charge in [0.15, 0.2) is 3.77 Å². The van der Waals surface area contributed by atoms with E-state index in [1.54, 1.807) is 12.1 Å². The first-order valence-electron chi connectivity index (χ1n) is 6.16. The standard InChI is InChI=1S/C14H15IN2O3/c15-13-6-5-12(20-13)9-17-11-3-1-10(2-4-11)14(19)16-7-8-18/h1-6,17-18H,7-9H2,(H,16,19). The Kier molecular flexibility index (Phi) is 5.42. The highest BCUT2D eigenvalue weighted by atomic mass is 127. The van der Waals surface area contributed by atoms with E-state index in [4.69, 9.17) is 9.52 Å². The molecule has 0 radical (unpaired) electrons. The van der Waals surface area contributed by atoms with Crippen LogP contribution in [0.15, 0.2) is 40.8 Å². The number of anilines is 1. The Balaban J connectivity index is 1.89. The van der Waals surface area contributed by atoms with Gasteiger partial charge in [-0.3, -0.25) is 4.79 Å². The number of halogens is 1. The lowest BCUT2D eigenvalue weighted by Gasteiger charge is -2.06. The summed E-state index contributed by atoms with van der Waals surface area (Å²) in [6.07, 6.45) is 0. The van der Waals surface area contributed by atoms with E-state index in [9.17, 15) is 4.79 Å². The van der Waals surface area contributed by atoms with Gasteiger partial charge in [-0.1, -0.05) is 0 Å². The number of furan rings is 1. The van der Waals surface area contributed by atoms with Crippen molar-refractivity contribution < 1.29 is 14.3 Å². The first-order valence-corrected chi connectivity index (χ1v) is 7.24. The molecule has 1 heterocycles. The molecule has 2 aromatic rings. The second-order valence-corrected chi connectivity index (χ2v) is 5.18. The van der Waals surface area contributed by atoms with E-state index in [1.807, 2.05) is 24.3 Å². The van der Waals surface area contributed by atoms with Gasteiger partial charge in [0.1, 0.15) is 5.76 Å². The van der Waals surface area contributed by atoms with Crippen LogP contribution in [0.2, 0.25) is 0 Å². The highest BCUT2D eigenvalue weighted by molar-refractivity contribution is 14.1. The number of aliphatic hydroxyl groups is 1. The fourth-order valence-electron chi connectivity index (χ4n) is 1.65. The average molecular weight is 386 g/mol. The van der Waals surface area contributed by atoms with Crippen molar-refractivity contribution in [1.29, 1.82) is 0 Å².